The van der Waals surface area contributed by atoms with Crippen molar-refractivity contribution in [3.63, 3.8) is 0 Å². The first-order chi connectivity index (χ1) is 14.8. The molecule has 0 spiro atoms. The first kappa shape index (κ1) is 19.3. The Morgan fingerprint density at radius 1 is 1.07 bits per heavy atom. The molecule has 2 fully saturated rings. The number of likely N-dealkylation sites (tertiary alicyclic amines) is 1. The molecule has 1 N–H and O–H groups in total. The molecule has 1 unspecified atom stereocenters. The number of hydrogen-bond acceptors (Lipinski definition) is 5. The highest BCUT2D eigenvalue weighted by Gasteiger charge is 2.28. The van der Waals surface area contributed by atoms with E-state index in [4.69, 9.17) is 4.98 Å². The average molecular weight is 407 g/mol. The third-order valence-corrected chi connectivity index (χ3v) is 6.48. The van der Waals surface area contributed by atoms with Crippen molar-refractivity contribution in [3.05, 3.63) is 36.7 Å². The number of fused-ring (bicyclic) bond motifs is 3. The predicted molar refractivity (Wildman–Crippen MR) is 119 cm³/mol. The van der Waals surface area contributed by atoms with Crippen molar-refractivity contribution in [2.45, 2.75) is 32.1 Å². The number of hydrogen-bond donors (Lipinski definition) is 1. The third-order valence-electron chi connectivity index (χ3n) is 6.48. The molecule has 30 heavy (non-hydrogen) atoms. The zero-order valence-electron chi connectivity index (χ0n) is 17.5. The maximum atomic E-state index is 12.8. The number of nitrogens with one attached hydrogen (secondary N) is 1. The number of aromatic nitrogens is 3. The topological polar surface area (TPSA) is 65.8 Å². The van der Waals surface area contributed by atoms with E-state index in [1.54, 1.807) is 6.20 Å². The Balaban J connectivity index is 1.28. The Kier molecular flexibility index (Phi) is 5.53. The van der Waals surface area contributed by atoms with E-state index < -0.39 is 0 Å². The van der Waals surface area contributed by atoms with E-state index in [9.17, 15) is 4.79 Å². The maximum absolute atomic E-state index is 12.8. The van der Waals surface area contributed by atoms with Gasteiger partial charge in [-0.15, -0.1) is 0 Å². The van der Waals surface area contributed by atoms with Gasteiger partial charge in [-0.3, -0.25) is 4.79 Å². The first-order valence-electron chi connectivity index (χ1n) is 11.3. The summed E-state index contributed by atoms with van der Waals surface area (Å²) in [6.45, 7) is 5.68. The van der Waals surface area contributed by atoms with E-state index in [1.807, 2.05) is 18.2 Å². The maximum Gasteiger partial charge on any atom is 0.224 e. The molecule has 0 saturated carbocycles. The van der Waals surface area contributed by atoms with Gasteiger partial charge in [0.05, 0.1) is 17.0 Å². The van der Waals surface area contributed by atoms with Crippen LogP contribution in [0, 0.1) is 5.92 Å². The predicted octanol–water partition coefficient (Wildman–Crippen LogP) is 2.70. The van der Waals surface area contributed by atoms with Crippen LogP contribution in [0.3, 0.4) is 0 Å². The van der Waals surface area contributed by atoms with E-state index in [1.165, 1.54) is 32.4 Å². The van der Waals surface area contributed by atoms with Gasteiger partial charge in [0.15, 0.2) is 11.5 Å². The van der Waals surface area contributed by atoms with Crippen LogP contribution in [0.15, 0.2) is 36.7 Å². The molecule has 3 aromatic rings. The van der Waals surface area contributed by atoms with Gasteiger partial charge < -0.3 is 19.5 Å². The van der Waals surface area contributed by atoms with E-state index in [0.29, 0.717) is 6.54 Å². The van der Waals surface area contributed by atoms with E-state index in [2.05, 4.69) is 36.8 Å². The Hall–Kier alpha value is -2.67. The van der Waals surface area contributed by atoms with Crippen LogP contribution in [0.4, 0.5) is 5.82 Å². The smallest absolute Gasteiger partial charge is 0.224 e. The van der Waals surface area contributed by atoms with Crippen LogP contribution in [0.25, 0.3) is 16.7 Å². The second kappa shape index (κ2) is 8.60. The molecule has 2 saturated heterocycles. The number of nitrogens with zero attached hydrogens (tertiary/aromatic N) is 5. The number of anilines is 1. The van der Waals surface area contributed by atoms with Crippen LogP contribution in [0.1, 0.15) is 32.1 Å². The van der Waals surface area contributed by atoms with Crippen molar-refractivity contribution in [1.82, 2.24) is 24.6 Å². The molecule has 0 aliphatic carbocycles. The normalized spacial score (nSPS) is 20.7. The SMILES string of the molecule is O=C(NCCN1CCCCC1)C1CCCN(c2nc3ncccc3n3cccc23)C1. The van der Waals surface area contributed by atoms with Gasteiger partial charge in [0, 0.05) is 38.6 Å². The number of carbonyl (C=O) groups excluding carboxylic acids is 1. The zero-order valence-corrected chi connectivity index (χ0v) is 17.5. The van der Waals surface area contributed by atoms with Crippen molar-refractivity contribution in [1.29, 1.82) is 0 Å². The van der Waals surface area contributed by atoms with Crippen molar-refractivity contribution in [2.75, 3.05) is 44.2 Å². The molecular weight excluding hydrogens is 376 g/mol. The fourth-order valence-corrected chi connectivity index (χ4v) is 4.87. The quantitative estimate of drug-likeness (QED) is 0.706. The summed E-state index contributed by atoms with van der Waals surface area (Å²) >= 11 is 0. The van der Waals surface area contributed by atoms with E-state index >= 15 is 0 Å². The second-order valence-electron chi connectivity index (χ2n) is 8.52. The van der Waals surface area contributed by atoms with Crippen LogP contribution < -0.4 is 10.2 Å². The van der Waals surface area contributed by atoms with E-state index in [-0.39, 0.29) is 11.8 Å². The monoisotopic (exact) mass is 406 g/mol. The molecule has 5 rings (SSSR count). The molecule has 1 atom stereocenters. The molecule has 2 aliphatic heterocycles. The number of piperidine rings is 2. The number of rotatable bonds is 5. The van der Waals surface area contributed by atoms with Gasteiger partial charge >= 0.3 is 0 Å². The minimum atomic E-state index is 0.0105. The van der Waals surface area contributed by atoms with Crippen LogP contribution >= 0.6 is 0 Å². The molecule has 0 radical (unpaired) electrons. The fraction of sp³-hybridized carbons (Fsp3) is 0.522. The lowest BCUT2D eigenvalue weighted by Crippen LogP contribution is -2.45. The summed E-state index contributed by atoms with van der Waals surface area (Å²) < 4.78 is 2.15. The van der Waals surface area contributed by atoms with Gasteiger partial charge in [-0.1, -0.05) is 6.42 Å². The molecule has 158 valence electrons. The van der Waals surface area contributed by atoms with Gasteiger partial charge in [-0.25, -0.2) is 9.97 Å². The minimum absolute atomic E-state index is 0.0105. The number of pyridine rings is 1. The number of carbonyl (C=O) groups is 1. The van der Waals surface area contributed by atoms with Gasteiger partial charge in [-0.05, 0) is 63.0 Å². The third kappa shape index (κ3) is 3.86. The summed E-state index contributed by atoms with van der Waals surface area (Å²) in [5.74, 6) is 1.12. The Bertz CT molecular complexity index is 1020. The largest absolute Gasteiger partial charge is 0.355 e. The summed E-state index contributed by atoms with van der Waals surface area (Å²) in [4.78, 5) is 26.9. The highest BCUT2D eigenvalue weighted by atomic mass is 16.1. The van der Waals surface area contributed by atoms with Crippen molar-refractivity contribution >= 4 is 28.4 Å². The first-order valence-corrected chi connectivity index (χ1v) is 11.3. The molecular formula is C23H30N6O. The van der Waals surface area contributed by atoms with Crippen LogP contribution in [0.5, 0.6) is 0 Å². The Morgan fingerprint density at radius 2 is 1.93 bits per heavy atom. The fourth-order valence-electron chi connectivity index (χ4n) is 4.87. The van der Waals surface area contributed by atoms with Crippen molar-refractivity contribution < 1.29 is 4.79 Å². The molecule has 0 bridgehead atoms. The van der Waals surface area contributed by atoms with Crippen molar-refractivity contribution in [3.8, 4) is 0 Å². The highest BCUT2D eigenvalue weighted by molar-refractivity contribution is 5.84. The molecule has 0 aromatic carbocycles. The van der Waals surface area contributed by atoms with Gasteiger partial charge in [0.25, 0.3) is 0 Å². The lowest BCUT2D eigenvalue weighted by molar-refractivity contribution is -0.125. The lowest BCUT2D eigenvalue weighted by Gasteiger charge is -2.33. The summed E-state index contributed by atoms with van der Waals surface area (Å²) in [7, 11) is 0. The summed E-state index contributed by atoms with van der Waals surface area (Å²) in [6, 6.07) is 8.12. The Labute approximate surface area is 177 Å². The van der Waals surface area contributed by atoms with Crippen LogP contribution in [-0.4, -0.2) is 64.4 Å². The standard InChI is InChI=1S/C23H30N6O/c30-23(25-11-16-27-12-2-1-3-13-27)18-7-5-14-28(17-18)22-20-9-6-15-29(20)19-8-4-10-24-21(19)26-22/h4,6,8-10,15,18H,1-3,5,7,11-14,16-17H2,(H,25,30). The molecule has 5 heterocycles. The number of amides is 1. The molecule has 2 aliphatic rings. The minimum Gasteiger partial charge on any atom is -0.355 e. The van der Waals surface area contributed by atoms with E-state index in [0.717, 1.165) is 55.0 Å². The molecule has 3 aromatic heterocycles. The van der Waals surface area contributed by atoms with Gasteiger partial charge in [-0.2, -0.15) is 0 Å². The molecule has 7 heteroatoms. The summed E-state index contributed by atoms with van der Waals surface area (Å²) in [5, 5.41) is 3.19. The molecule has 1 amide bonds. The highest BCUT2D eigenvalue weighted by Crippen LogP contribution is 2.28. The lowest BCUT2D eigenvalue weighted by atomic mass is 9.97. The van der Waals surface area contributed by atoms with Gasteiger partial charge in [0.2, 0.25) is 5.91 Å². The second-order valence-corrected chi connectivity index (χ2v) is 8.52. The molecule has 7 nitrogen and oxygen atoms in total. The zero-order chi connectivity index (χ0) is 20.3. The van der Waals surface area contributed by atoms with Crippen molar-refractivity contribution in [2.24, 2.45) is 5.92 Å². The van der Waals surface area contributed by atoms with Crippen LogP contribution in [0.2, 0.25) is 0 Å². The summed E-state index contributed by atoms with van der Waals surface area (Å²) in [5.41, 5.74) is 2.82. The summed E-state index contributed by atoms with van der Waals surface area (Å²) in [6.07, 6.45) is 9.69. The van der Waals surface area contributed by atoms with Crippen LogP contribution in [-0.2, 0) is 4.79 Å². The van der Waals surface area contributed by atoms with Gasteiger partial charge in [0.1, 0.15) is 0 Å². The average Bonchev–Trinajstić information content (AvgIpc) is 3.30. The Morgan fingerprint density at radius 3 is 2.83 bits per heavy atom.